The number of unbranched alkanes of at least 4 members (excludes halogenated alkanes) is 4. The van der Waals surface area contributed by atoms with E-state index in [9.17, 15) is 0 Å². The lowest BCUT2D eigenvalue weighted by Gasteiger charge is -2.05. The minimum Gasteiger partial charge on any atom is -0.394 e. The summed E-state index contributed by atoms with van der Waals surface area (Å²) in [5.74, 6) is 0. The summed E-state index contributed by atoms with van der Waals surface area (Å²) in [7, 11) is 0. The van der Waals surface area contributed by atoms with E-state index in [0.29, 0.717) is 13.2 Å². The minimum atomic E-state index is 0.105. The molecule has 2 N–H and O–H groups in total. The maximum atomic E-state index is 8.51. The quantitative estimate of drug-likeness (QED) is 0.417. The molecule has 0 aromatic heterocycles. The minimum absolute atomic E-state index is 0.105. The highest BCUT2D eigenvalue weighted by Crippen LogP contribution is 2.00. The van der Waals surface area contributed by atoms with Crippen molar-refractivity contribution in [3.63, 3.8) is 0 Å². The van der Waals surface area contributed by atoms with E-state index in [4.69, 9.17) is 24.4 Å². The van der Waals surface area contributed by atoms with Gasteiger partial charge in [-0.3, -0.25) is 0 Å². The Morgan fingerprint density at radius 2 is 0.737 bits per heavy atom. The number of hydrogen-bond donors (Lipinski definition) is 2. The summed E-state index contributed by atoms with van der Waals surface area (Å²) < 4.78 is 15.9. The van der Waals surface area contributed by atoms with Crippen molar-refractivity contribution in [2.45, 2.75) is 38.5 Å². The summed E-state index contributed by atoms with van der Waals surface area (Å²) in [5.41, 5.74) is 0. The van der Waals surface area contributed by atoms with Gasteiger partial charge in [0.05, 0.1) is 26.4 Å². The smallest absolute Gasteiger partial charge is 0.0697 e. The van der Waals surface area contributed by atoms with E-state index < -0.39 is 0 Å². The first kappa shape index (κ1) is 18.8. The molecule has 0 atom stereocenters. The van der Waals surface area contributed by atoms with Crippen LogP contribution in [0.25, 0.3) is 0 Å². The molecule has 0 bridgehead atoms. The molecule has 0 radical (unpaired) electrons. The van der Waals surface area contributed by atoms with Crippen molar-refractivity contribution in [1.82, 2.24) is 0 Å². The molecule has 0 aliphatic rings. The van der Waals surface area contributed by atoms with Crippen LogP contribution in [-0.4, -0.2) is 63.1 Å². The Balaban J connectivity index is 2.88. The first-order valence-electron chi connectivity index (χ1n) is 7.36. The molecule has 0 aliphatic heterocycles. The molecule has 0 unspecified atom stereocenters. The van der Waals surface area contributed by atoms with E-state index in [-0.39, 0.29) is 13.2 Å². The molecule has 0 aliphatic carbocycles. The molecule has 19 heavy (non-hydrogen) atoms. The fourth-order valence-electron chi connectivity index (χ4n) is 1.61. The molecular formula is C14H30O5. The van der Waals surface area contributed by atoms with Crippen LogP contribution in [0.15, 0.2) is 0 Å². The summed E-state index contributed by atoms with van der Waals surface area (Å²) >= 11 is 0. The van der Waals surface area contributed by atoms with E-state index >= 15 is 0 Å². The summed E-state index contributed by atoms with van der Waals surface area (Å²) in [4.78, 5) is 0. The molecule has 116 valence electrons. The second-order valence-corrected chi connectivity index (χ2v) is 4.41. The number of rotatable bonds is 16. The molecule has 0 aromatic rings. The molecule has 0 saturated heterocycles. The van der Waals surface area contributed by atoms with Crippen LogP contribution >= 0.6 is 0 Å². The summed E-state index contributed by atoms with van der Waals surface area (Å²) in [6.07, 6.45) is 6.43. The van der Waals surface area contributed by atoms with Crippen molar-refractivity contribution >= 4 is 0 Å². The van der Waals surface area contributed by atoms with Gasteiger partial charge in [0.1, 0.15) is 0 Å². The summed E-state index contributed by atoms with van der Waals surface area (Å²) in [6, 6.07) is 0. The summed E-state index contributed by atoms with van der Waals surface area (Å²) in [5, 5.41) is 17.0. The van der Waals surface area contributed by atoms with Crippen LogP contribution in [0.5, 0.6) is 0 Å². The Morgan fingerprint density at radius 3 is 1.05 bits per heavy atom. The largest absolute Gasteiger partial charge is 0.394 e. The fraction of sp³-hybridized carbons (Fsp3) is 1.00. The van der Waals surface area contributed by atoms with E-state index in [1.807, 2.05) is 0 Å². The van der Waals surface area contributed by atoms with Crippen molar-refractivity contribution in [2.24, 2.45) is 0 Å². The van der Waals surface area contributed by atoms with Gasteiger partial charge in [0.15, 0.2) is 0 Å². The van der Waals surface area contributed by atoms with Gasteiger partial charge < -0.3 is 24.4 Å². The molecule has 0 aromatic carbocycles. The van der Waals surface area contributed by atoms with Gasteiger partial charge in [-0.15, -0.1) is 0 Å². The highest BCUT2D eigenvalue weighted by Gasteiger charge is 1.93. The third-order valence-electron chi connectivity index (χ3n) is 2.63. The van der Waals surface area contributed by atoms with Crippen molar-refractivity contribution in [2.75, 3.05) is 52.9 Å². The fourth-order valence-corrected chi connectivity index (χ4v) is 1.61. The molecule has 5 nitrogen and oxygen atoms in total. The zero-order chi connectivity index (χ0) is 14.0. The van der Waals surface area contributed by atoms with Crippen molar-refractivity contribution in [3.05, 3.63) is 0 Å². The average Bonchev–Trinajstić information content (AvgIpc) is 2.43. The Kier molecular flexibility index (Phi) is 17.6. The molecule has 0 saturated carbocycles. The van der Waals surface area contributed by atoms with Crippen LogP contribution in [0.2, 0.25) is 0 Å². The first-order valence-corrected chi connectivity index (χ1v) is 7.36. The van der Waals surface area contributed by atoms with Crippen molar-refractivity contribution in [1.29, 1.82) is 0 Å². The Morgan fingerprint density at radius 1 is 0.421 bits per heavy atom. The van der Waals surface area contributed by atoms with Gasteiger partial charge in [0.25, 0.3) is 0 Å². The molecule has 5 heteroatoms. The SMILES string of the molecule is OCCOCCCCCOCCCCCOCCO. The second kappa shape index (κ2) is 17.8. The summed E-state index contributed by atoms with van der Waals surface area (Å²) in [6.45, 7) is 4.20. The lowest BCUT2D eigenvalue weighted by molar-refractivity contribution is 0.0825. The van der Waals surface area contributed by atoms with Gasteiger partial charge in [-0.25, -0.2) is 0 Å². The van der Waals surface area contributed by atoms with Crippen LogP contribution in [-0.2, 0) is 14.2 Å². The standard InChI is InChI=1S/C14H30O5/c15-7-13-18-11-5-1-3-9-17-10-4-2-6-12-19-14-8-16/h15-16H,1-14H2. The normalized spacial score (nSPS) is 11.1. The first-order chi connectivity index (χ1) is 9.41. The van der Waals surface area contributed by atoms with E-state index in [2.05, 4.69) is 0 Å². The zero-order valence-corrected chi connectivity index (χ0v) is 12.0. The van der Waals surface area contributed by atoms with Crippen LogP contribution < -0.4 is 0 Å². The van der Waals surface area contributed by atoms with Crippen LogP contribution in [0, 0.1) is 0 Å². The maximum Gasteiger partial charge on any atom is 0.0697 e. The van der Waals surface area contributed by atoms with Gasteiger partial charge in [-0.05, 0) is 38.5 Å². The van der Waals surface area contributed by atoms with E-state index in [1.54, 1.807) is 0 Å². The highest BCUT2D eigenvalue weighted by molar-refractivity contribution is 4.43. The third kappa shape index (κ3) is 17.8. The Hall–Kier alpha value is -0.200. The predicted octanol–water partition coefficient (Wildman–Crippen LogP) is 1.36. The molecule has 0 fully saturated rings. The van der Waals surface area contributed by atoms with Gasteiger partial charge in [0.2, 0.25) is 0 Å². The monoisotopic (exact) mass is 278 g/mol. The van der Waals surface area contributed by atoms with Gasteiger partial charge in [-0.2, -0.15) is 0 Å². The topological polar surface area (TPSA) is 68.2 Å². The molecule has 0 heterocycles. The number of ether oxygens (including phenoxy) is 3. The number of aliphatic hydroxyl groups excluding tert-OH is 2. The zero-order valence-electron chi connectivity index (χ0n) is 12.0. The Bertz CT molecular complexity index is 139. The van der Waals surface area contributed by atoms with E-state index in [1.165, 1.54) is 0 Å². The van der Waals surface area contributed by atoms with E-state index in [0.717, 1.165) is 65.0 Å². The van der Waals surface area contributed by atoms with Gasteiger partial charge >= 0.3 is 0 Å². The Labute approximate surface area is 116 Å². The third-order valence-corrected chi connectivity index (χ3v) is 2.63. The molecule has 0 rings (SSSR count). The van der Waals surface area contributed by atoms with Crippen LogP contribution in [0.1, 0.15) is 38.5 Å². The second-order valence-electron chi connectivity index (χ2n) is 4.41. The molecular weight excluding hydrogens is 248 g/mol. The lowest BCUT2D eigenvalue weighted by atomic mass is 10.2. The van der Waals surface area contributed by atoms with Crippen molar-refractivity contribution in [3.8, 4) is 0 Å². The van der Waals surface area contributed by atoms with Gasteiger partial charge in [0, 0.05) is 26.4 Å². The number of aliphatic hydroxyl groups is 2. The van der Waals surface area contributed by atoms with Crippen LogP contribution in [0.3, 0.4) is 0 Å². The van der Waals surface area contributed by atoms with Crippen molar-refractivity contribution < 1.29 is 24.4 Å². The molecule has 0 amide bonds. The highest BCUT2D eigenvalue weighted by atomic mass is 16.5. The van der Waals surface area contributed by atoms with Gasteiger partial charge in [-0.1, -0.05) is 0 Å². The number of hydrogen-bond acceptors (Lipinski definition) is 5. The molecule has 0 spiro atoms. The average molecular weight is 278 g/mol. The lowest BCUT2D eigenvalue weighted by Crippen LogP contribution is -2.03. The van der Waals surface area contributed by atoms with Crippen LogP contribution in [0.4, 0.5) is 0 Å². The predicted molar refractivity (Wildman–Crippen MR) is 74.3 cm³/mol. The maximum absolute atomic E-state index is 8.51.